The molecule has 0 aliphatic carbocycles. The van der Waals surface area contributed by atoms with Crippen LogP contribution in [0.1, 0.15) is 32.1 Å². The third-order valence-corrected chi connectivity index (χ3v) is 4.29. The van der Waals surface area contributed by atoms with Crippen molar-refractivity contribution in [1.82, 2.24) is 4.90 Å². The van der Waals surface area contributed by atoms with Gasteiger partial charge in [0.15, 0.2) is 0 Å². The maximum Gasteiger partial charge on any atom is 0.222 e. The van der Waals surface area contributed by atoms with Crippen molar-refractivity contribution in [1.29, 1.82) is 0 Å². The summed E-state index contributed by atoms with van der Waals surface area (Å²) in [7, 11) is 0. The Bertz CT molecular complexity index is 366. The van der Waals surface area contributed by atoms with Gasteiger partial charge in [-0.25, -0.2) is 0 Å². The van der Waals surface area contributed by atoms with Gasteiger partial charge in [-0.1, -0.05) is 31.0 Å². The van der Waals surface area contributed by atoms with Gasteiger partial charge in [0.1, 0.15) is 0 Å². The topological polar surface area (TPSA) is 20.3 Å². The molecule has 98 valence electrons. The zero-order valence-corrected chi connectivity index (χ0v) is 11.6. The number of hydrogen-bond donors (Lipinski definition) is 0. The molecule has 2 rings (SSSR count). The fourth-order valence-electron chi connectivity index (χ4n) is 2.24. The van der Waals surface area contributed by atoms with Crippen LogP contribution in [0.15, 0.2) is 35.2 Å². The molecule has 0 saturated carbocycles. The summed E-state index contributed by atoms with van der Waals surface area (Å²) in [5.41, 5.74) is 0. The van der Waals surface area contributed by atoms with Gasteiger partial charge in [0.25, 0.3) is 0 Å². The summed E-state index contributed by atoms with van der Waals surface area (Å²) in [6.07, 6.45) is 5.48. The molecule has 1 amide bonds. The molecule has 0 N–H and O–H groups in total. The van der Waals surface area contributed by atoms with Crippen LogP contribution in [-0.2, 0) is 4.79 Å². The minimum atomic E-state index is 0.350. The quantitative estimate of drug-likeness (QED) is 0.774. The van der Waals surface area contributed by atoms with Crippen molar-refractivity contribution in [3.8, 4) is 0 Å². The van der Waals surface area contributed by atoms with E-state index in [1.807, 2.05) is 17.8 Å². The molecule has 0 atom stereocenters. The molecule has 1 aliphatic rings. The second kappa shape index (κ2) is 7.47. The highest BCUT2D eigenvalue weighted by Gasteiger charge is 2.14. The first-order valence-electron chi connectivity index (χ1n) is 6.82. The van der Waals surface area contributed by atoms with Gasteiger partial charge < -0.3 is 4.90 Å². The van der Waals surface area contributed by atoms with E-state index in [1.165, 1.54) is 24.2 Å². The van der Waals surface area contributed by atoms with Gasteiger partial charge >= 0.3 is 0 Å². The van der Waals surface area contributed by atoms with Gasteiger partial charge in [-0.15, -0.1) is 11.8 Å². The molecule has 1 saturated heterocycles. The van der Waals surface area contributed by atoms with E-state index >= 15 is 0 Å². The van der Waals surface area contributed by atoms with E-state index in [-0.39, 0.29) is 0 Å². The highest BCUT2D eigenvalue weighted by molar-refractivity contribution is 7.99. The Labute approximate surface area is 114 Å². The summed E-state index contributed by atoms with van der Waals surface area (Å²) in [5, 5.41) is 0. The SMILES string of the molecule is O=C1CCCCCCN1CCSc1ccccc1. The van der Waals surface area contributed by atoms with Gasteiger partial charge in [-0.3, -0.25) is 4.79 Å². The van der Waals surface area contributed by atoms with Crippen molar-refractivity contribution in [2.45, 2.75) is 37.0 Å². The molecule has 1 heterocycles. The minimum Gasteiger partial charge on any atom is -0.342 e. The molecule has 1 fully saturated rings. The maximum atomic E-state index is 11.9. The number of thioether (sulfide) groups is 1. The minimum absolute atomic E-state index is 0.350. The Balaban J connectivity index is 1.75. The van der Waals surface area contributed by atoms with Crippen molar-refractivity contribution in [3.63, 3.8) is 0 Å². The fourth-order valence-corrected chi connectivity index (χ4v) is 3.14. The predicted octanol–water partition coefficient (Wildman–Crippen LogP) is 3.57. The number of rotatable bonds is 4. The highest BCUT2D eigenvalue weighted by atomic mass is 32.2. The van der Waals surface area contributed by atoms with Crippen LogP contribution in [0.3, 0.4) is 0 Å². The van der Waals surface area contributed by atoms with E-state index in [4.69, 9.17) is 0 Å². The summed E-state index contributed by atoms with van der Waals surface area (Å²) in [5.74, 6) is 1.35. The molecule has 0 aromatic heterocycles. The van der Waals surface area contributed by atoms with Gasteiger partial charge in [-0.2, -0.15) is 0 Å². The van der Waals surface area contributed by atoms with Crippen molar-refractivity contribution >= 4 is 17.7 Å². The number of amides is 1. The number of nitrogens with zero attached hydrogens (tertiary/aromatic N) is 1. The van der Waals surface area contributed by atoms with Crippen LogP contribution < -0.4 is 0 Å². The van der Waals surface area contributed by atoms with Gasteiger partial charge in [0.05, 0.1) is 0 Å². The summed E-state index contributed by atoms with van der Waals surface area (Å²) < 4.78 is 0. The van der Waals surface area contributed by atoms with Crippen LogP contribution in [-0.4, -0.2) is 29.6 Å². The first kappa shape index (κ1) is 13.5. The molecular formula is C15H21NOS. The van der Waals surface area contributed by atoms with Gasteiger partial charge in [0, 0.05) is 30.2 Å². The lowest BCUT2D eigenvalue weighted by atomic mass is 10.1. The zero-order chi connectivity index (χ0) is 12.6. The predicted molar refractivity (Wildman–Crippen MR) is 76.8 cm³/mol. The Kier molecular flexibility index (Phi) is 5.59. The van der Waals surface area contributed by atoms with Crippen LogP contribution in [0.25, 0.3) is 0 Å². The van der Waals surface area contributed by atoms with E-state index in [1.54, 1.807) is 0 Å². The Morgan fingerprint density at radius 3 is 2.67 bits per heavy atom. The van der Waals surface area contributed by atoms with Crippen molar-refractivity contribution < 1.29 is 4.79 Å². The lowest BCUT2D eigenvalue weighted by molar-refractivity contribution is -0.131. The summed E-state index contributed by atoms with van der Waals surface area (Å²) in [4.78, 5) is 15.3. The molecule has 0 spiro atoms. The largest absolute Gasteiger partial charge is 0.342 e. The monoisotopic (exact) mass is 263 g/mol. The molecule has 0 unspecified atom stereocenters. The van der Waals surface area contributed by atoms with Gasteiger partial charge in [0.2, 0.25) is 5.91 Å². The smallest absolute Gasteiger partial charge is 0.222 e. The van der Waals surface area contributed by atoms with Crippen LogP contribution in [0, 0.1) is 0 Å². The van der Waals surface area contributed by atoms with Crippen molar-refractivity contribution in [2.24, 2.45) is 0 Å². The molecule has 2 nitrogen and oxygen atoms in total. The number of carbonyl (C=O) groups excluding carboxylic acids is 1. The molecule has 3 heteroatoms. The van der Waals surface area contributed by atoms with Crippen molar-refractivity contribution in [3.05, 3.63) is 30.3 Å². The first-order chi connectivity index (χ1) is 8.86. The second-order valence-corrected chi connectivity index (χ2v) is 5.87. The molecular weight excluding hydrogens is 242 g/mol. The zero-order valence-electron chi connectivity index (χ0n) is 10.8. The average molecular weight is 263 g/mol. The molecule has 0 bridgehead atoms. The fraction of sp³-hybridized carbons (Fsp3) is 0.533. The van der Waals surface area contributed by atoms with E-state index in [0.29, 0.717) is 5.91 Å². The maximum absolute atomic E-state index is 11.9. The number of carbonyl (C=O) groups is 1. The van der Waals surface area contributed by atoms with E-state index in [2.05, 4.69) is 29.2 Å². The third-order valence-electron chi connectivity index (χ3n) is 3.29. The van der Waals surface area contributed by atoms with Crippen LogP contribution in [0.4, 0.5) is 0 Å². The van der Waals surface area contributed by atoms with E-state index in [9.17, 15) is 4.79 Å². The summed E-state index contributed by atoms with van der Waals surface area (Å²) in [6.45, 7) is 1.84. The third kappa shape index (κ3) is 4.37. The molecule has 0 radical (unpaired) electrons. The molecule has 1 aromatic carbocycles. The Morgan fingerprint density at radius 2 is 1.83 bits per heavy atom. The number of likely N-dealkylation sites (tertiary alicyclic amines) is 1. The first-order valence-corrected chi connectivity index (χ1v) is 7.80. The molecule has 1 aliphatic heterocycles. The number of hydrogen-bond acceptors (Lipinski definition) is 2. The van der Waals surface area contributed by atoms with Crippen LogP contribution in [0.5, 0.6) is 0 Å². The lowest BCUT2D eigenvalue weighted by Gasteiger charge is -2.24. The lowest BCUT2D eigenvalue weighted by Crippen LogP contribution is -2.34. The van der Waals surface area contributed by atoms with Gasteiger partial charge in [-0.05, 0) is 25.0 Å². The van der Waals surface area contributed by atoms with Crippen molar-refractivity contribution in [2.75, 3.05) is 18.8 Å². The normalized spacial score (nSPS) is 17.3. The van der Waals surface area contributed by atoms with Crippen LogP contribution in [0.2, 0.25) is 0 Å². The second-order valence-electron chi connectivity index (χ2n) is 4.71. The molecule has 18 heavy (non-hydrogen) atoms. The van der Waals surface area contributed by atoms with Crippen LogP contribution >= 0.6 is 11.8 Å². The summed E-state index contributed by atoms with van der Waals surface area (Å²) >= 11 is 1.83. The average Bonchev–Trinajstić information content (AvgIpc) is 2.39. The Hall–Kier alpha value is -0.960. The highest BCUT2D eigenvalue weighted by Crippen LogP contribution is 2.18. The number of benzene rings is 1. The molecule has 1 aromatic rings. The van der Waals surface area contributed by atoms with E-state index < -0.39 is 0 Å². The summed E-state index contributed by atoms with van der Waals surface area (Å²) in [6, 6.07) is 10.4. The standard InChI is InChI=1S/C15H21NOS/c17-15-10-6-1-2-7-11-16(15)12-13-18-14-8-4-3-5-9-14/h3-5,8-9H,1-2,6-7,10-13H2. The Morgan fingerprint density at radius 1 is 1.06 bits per heavy atom. The van der Waals surface area contributed by atoms with E-state index in [0.717, 1.165) is 31.7 Å².